The van der Waals surface area contributed by atoms with Gasteiger partial charge in [-0.2, -0.15) is 0 Å². The highest BCUT2D eigenvalue weighted by Gasteiger charge is 2.35. The zero-order valence-corrected chi connectivity index (χ0v) is 10.5. The summed E-state index contributed by atoms with van der Waals surface area (Å²) in [5, 5.41) is 0. The Hall–Kier alpha value is -0.190. The van der Waals surface area contributed by atoms with Crippen molar-refractivity contribution in [1.29, 1.82) is 0 Å². The molecule has 0 saturated carbocycles. The van der Waals surface area contributed by atoms with Crippen molar-refractivity contribution in [3.05, 3.63) is 0 Å². The zero-order chi connectivity index (χ0) is 11.7. The summed E-state index contributed by atoms with van der Waals surface area (Å²) < 4.78 is 19.7. The lowest BCUT2D eigenvalue weighted by atomic mass is 10.00. The number of nitrogens with zero attached hydrogens (tertiary/aromatic N) is 2. The van der Waals surface area contributed by atoms with Gasteiger partial charge in [0.1, 0.15) is 6.17 Å². The third kappa shape index (κ3) is 2.73. The monoisotopic (exact) mass is 230 g/mol. The Balaban J connectivity index is 1.95. The molecule has 0 aromatic rings. The number of ether oxygens (including phenoxy) is 1. The van der Waals surface area contributed by atoms with Crippen LogP contribution in [0.1, 0.15) is 20.3 Å². The van der Waals surface area contributed by atoms with E-state index < -0.39 is 6.17 Å². The van der Waals surface area contributed by atoms with E-state index in [2.05, 4.69) is 23.6 Å². The van der Waals surface area contributed by atoms with Crippen LogP contribution in [-0.4, -0.2) is 67.4 Å². The molecule has 3 nitrogen and oxygen atoms in total. The summed E-state index contributed by atoms with van der Waals surface area (Å²) in [4.78, 5) is 4.37. The van der Waals surface area contributed by atoms with Crippen LogP contribution in [0.25, 0.3) is 0 Å². The minimum absolute atomic E-state index is 0.102. The smallest absolute Gasteiger partial charge is 0.128 e. The molecule has 4 heteroatoms. The van der Waals surface area contributed by atoms with Crippen molar-refractivity contribution < 1.29 is 9.13 Å². The molecule has 16 heavy (non-hydrogen) atoms. The summed E-state index contributed by atoms with van der Waals surface area (Å²) in [5.74, 6) is 0. The second-order valence-electron chi connectivity index (χ2n) is 5.35. The van der Waals surface area contributed by atoms with Gasteiger partial charge in [0, 0.05) is 25.7 Å². The highest BCUT2D eigenvalue weighted by molar-refractivity contribution is 4.89. The first-order valence-corrected chi connectivity index (χ1v) is 6.28. The standard InChI is InChI=1S/C12H23FN2O/c1-9-6-15(7-10(2)16-9)12-4-5-14(3)8-11(12)13/h9-12H,4-8H2,1-3H3/t9-,10+,11-,12+/m0/s1. The molecule has 0 radical (unpaired) electrons. The quantitative estimate of drug-likeness (QED) is 0.672. The molecule has 2 rings (SSSR count). The number of likely N-dealkylation sites (tertiary alicyclic amines) is 1. The molecule has 2 aliphatic rings. The van der Waals surface area contributed by atoms with Crippen molar-refractivity contribution in [2.24, 2.45) is 0 Å². The predicted molar refractivity (Wildman–Crippen MR) is 62.4 cm³/mol. The maximum atomic E-state index is 14.0. The van der Waals surface area contributed by atoms with Crippen LogP contribution in [0.2, 0.25) is 0 Å². The lowest BCUT2D eigenvalue weighted by Crippen LogP contribution is -2.57. The fraction of sp³-hybridized carbons (Fsp3) is 1.00. The minimum Gasteiger partial charge on any atom is -0.373 e. The number of piperidine rings is 1. The van der Waals surface area contributed by atoms with Gasteiger partial charge in [-0.15, -0.1) is 0 Å². The maximum absolute atomic E-state index is 14.0. The molecule has 0 bridgehead atoms. The van der Waals surface area contributed by atoms with Gasteiger partial charge in [0.25, 0.3) is 0 Å². The van der Waals surface area contributed by atoms with Gasteiger partial charge in [-0.1, -0.05) is 0 Å². The van der Waals surface area contributed by atoms with Crippen LogP contribution >= 0.6 is 0 Å². The first-order valence-electron chi connectivity index (χ1n) is 6.28. The Morgan fingerprint density at radius 2 is 1.75 bits per heavy atom. The molecular formula is C12H23FN2O. The molecule has 0 amide bonds. The lowest BCUT2D eigenvalue weighted by Gasteiger charge is -2.44. The van der Waals surface area contributed by atoms with Crippen molar-refractivity contribution in [3.63, 3.8) is 0 Å². The van der Waals surface area contributed by atoms with Crippen molar-refractivity contribution in [2.45, 2.75) is 44.7 Å². The molecular weight excluding hydrogens is 207 g/mol. The third-order valence-electron chi connectivity index (χ3n) is 3.63. The molecule has 2 aliphatic heterocycles. The fourth-order valence-corrected chi connectivity index (χ4v) is 2.94. The van der Waals surface area contributed by atoms with E-state index in [4.69, 9.17) is 4.74 Å². The molecule has 2 heterocycles. The van der Waals surface area contributed by atoms with E-state index in [1.54, 1.807) is 0 Å². The van der Waals surface area contributed by atoms with Gasteiger partial charge in [0.05, 0.1) is 12.2 Å². The molecule has 0 spiro atoms. The summed E-state index contributed by atoms with van der Waals surface area (Å²) in [7, 11) is 1.99. The van der Waals surface area contributed by atoms with E-state index in [0.717, 1.165) is 26.1 Å². The lowest BCUT2D eigenvalue weighted by molar-refractivity contribution is -0.0967. The molecule has 0 unspecified atom stereocenters. The first kappa shape index (κ1) is 12.3. The minimum atomic E-state index is -0.712. The average molecular weight is 230 g/mol. The van der Waals surface area contributed by atoms with Gasteiger partial charge in [0.15, 0.2) is 0 Å². The molecule has 0 aromatic carbocycles. The van der Waals surface area contributed by atoms with Crippen molar-refractivity contribution in [2.75, 3.05) is 33.2 Å². The Morgan fingerprint density at radius 1 is 1.12 bits per heavy atom. The number of morpholine rings is 1. The number of alkyl halides is 1. The fourth-order valence-electron chi connectivity index (χ4n) is 2.94. The van der Waals surface area contributed by atoms with Crippen LogP contribution in [0.15, 0.2) is 0 Å². The van der Waals surface area contributed by atoms with Crippen LogP contribution in [0, 0.1) is 0 Å². The normalized spacial score (nSPS) is 43.5. The number of halogens is 1. The summed E-state index contributed by atoms with van der Waals surface area (Å²) >= 11 is 0. The Labute approximate surface area is 97.5 Å². The number of hydrogen-bond donors (Lipinski definition) is 0. The van der Waals surface area contributed by atoms with Gasteiger partial charge in [0.2, 0.25) is 0 Å². The van der Waals surface area contributed by atoms with Gasteiger partial charge in [-0.25, -0.2) is 4.39 Å². The Kier molecular flexibility index (Phi) is 3.82. The van der Waals surface area contributed by atoms with Crippen LogP contribution in [0.4, 0.5) is 4.39 Å². The highest BCUT2D eigenvalue weighted by atomic mass is 19.1. The van der Waals surface area contributed by atoms with E-state index >= 15 is 0 Å². The predicted octanol–water partition coefficient (Wildman–Crippen LogP) is 1.14. The second-order valence-corrected chi connectivity index (χ2v) is 5.35. The van der Waals surface area contributed by atoms with Gasteiger partial charge in [-0.05, 0) is 33.9 Å². The zero-order valence-electron chi connectivity index (χ0n) is 10.5. The van der Waals surface area contributed by atoms with E-state index in [9.17, 15) is 4.39 Å². The van der Waals surface area contributed by atoms with Crippen molar-refractivity contribution in [1.82, 2.24) is 9.80 Å². The molecule has 0 aliphatic carbocycles. The molecule has 2 fully saturated rings. The average Bonchev–Trinajstić information content (AvgIpc) is 2.15. The highest BCUT2D eigenvalue weighted by Crippen LogP contribution is 2.22. The van der Waals surface area contributed by atoms with E-state index in [-0.39, 0.29) is 18.2 Å². The van der Waals surface area contributed by atoms with Crippen molar-refractivity contribution in [3.8, 4) is 0 Å². The van der Waals surface area contributed by atoms with E-state index in [0.29, 0.717) is 6.54 Å². The summed E-state index contributed by atoms with van der Waals surface area (Å²) in [6.07, 6.45) is 0.694. The van der Waals surface area contributed by atoms with E-state index in [1.165, 1.54) is 0 Å². The topological polar surface area (TPSA) is 15.7 Å². The molecule has 94 valence electrons. The van der Waals surface area contributed by atoms with Crippen molar-refractivity contribution >= 4 is 0 Å². The molecule has 4 atom stereocenters. The van der Waals surface area contributed by atoms with Gasteiger partial charge in [-0.3, -0.25) is 4.90 Å². The van der Waals surface area contributed by atoms with Gasteiger partial charge < -0.3 is 9.64 Å². The molecule has 0 aromatic heterocycles. The largest absolute Gasteiger partial charge is 0.373 e. The first-order chi connectivity index (χ1) is 7.56. The SMILES string of the molecule is C[C@@H]1CN([C@@H]2CCN(C)C[C@@H]2F)C[C@H](C)O1. The second kappa shape index (κ2) is 4.98. The van der Waals surface area contributed by atoms with Crippen LogP contribution in [-0.2, 0) is 4.74 Å². The van der Waals surface area contributed by atoms with Gasteiger partial charge >= 0.3 is 0 Å². The molecule has 2 saturated heterocycles. The third-order valence-corrected chi connectivity index (χ3v) is 3.63. The number of rotatable bonds is 1. The van der Waals surface area contributed by atoms with Crippen LogP contribution in [0.5, 0.6) is 0 Å². The summed E-state index contributed by atoms with van der Waals surface area (Å²) in [5.41, 5.74) is 0. The summed E-state index contributed by atoms with van der Waals surface area (Å²) in [6.45, 7) is 7.48. The Morgan fingerprint density at radius 3 is 2.31 bits per heavy atom. The van der Waals surface area contributed by atoms with Crippen LogP contribution < -0.4 is 0 Å². The van der Waals surface area contributed by atoms with Crippen LogP contribution in [0.3, 0.4) is 0 Å². The Bertz CT molecular complexity index is 229. The number of hydrogen-bond acceptors (Lipinski definition) is 3. The van der Waals surface area contributed by atoms with E-state index in [1.807, 2.05) is 7.05 Å². The molecule has 0 N–H and O–H groups in total. The summed E-state index contributed by atoms with van der Waals surface area (Å²) in [6, 6.07) is 0.102. The maximum Gasteiger partial charge on any atom is 0.128 e.